The third kappa shape index (κ3) is 2.33. The topological polar surface area (TPSA) is 37.4 Å². The van der Waals surface area contributed by atoms with Gasteiger partial charge in [0.05, 0.1) is 11.1 Å². The fourth-order valence-electron chi connectivity index (χ4n) is 3.27. The Morgan fingerprint density at radius 1 is 0.864 bits per heavy atom. The second-order valence-electron chi connectivity index (χ2n) is 5.93. The number of rotatable bonds is 3. The molecule has 1 aliphatic heterocycles. The van der Waals surface area contributed by atoms with Crippen LogP contribution in [0.1, 0.15) is 43.0 Å². The van der Waals surface area contributed by atoms with E-state index < -0.39 is 0 Å². The van der Waals surface area contributed by atoms with Crippen molar-refractivity contribution in [3.63, 3.8) is 0 Å². The summed E-state index contributed by atoms with van der Waals surface area (Å²) in [6.45, 7) is 6.67. The molecule has 0 bridgehead atoms. The van der Waals surface area contributed by atoms with Gasteiger partial charge in [0, 0.05) is 6.54 Å². The van der Waals surface area contributed by atoms with Gasteiger partial charge in [0.2, 0.25) is 0 Å². The van der Waals surface area contributed by atoms with Gasteiger partial charge in [0.1, 0.15) is 0 Å². The molecule has 2 amide bonds. The molecule has 112 valence electrons. The van der Waals surface area contributed by atoms with Crippen LogP contribution in [-0.2, 0) is 6.42 Å². The number of nitrogens with zero attached hydrogens (tertiary/aromatic N) is 1. The van der Waals surface area contributed by atoms with Crippen LogP contribution in [0.2, 0.25) is 0 Å². The summed E-state index contributed by atoms with van der Waals surface area (Å²) in [4.78, 5) is 26.1. The van der Waals surface area contributed by atoms with Crippen molar-refractivity contribution in [3.8, 4) is 0 Å². The number of aryl methyl sites for hydroxylation is 3. The minimum Gasteiger partial charge on any atom is -0.274 e. The first kappa shape index (κ1) is 14.5. The molecule has 0 radical (unpaired) electrons. The standard InChI is InChI=1S/C19H19NO2/c1-12-10-13(2)15(14(3)11-12)8-9-20-18(21)16-6-4-5-7-17(16)19(20)22/h4-7,10-11H,8-9H2,1-3H3. The molecule has 0 saturated heterocycles. The Balaban J connectivity index is 1.82. The fraction of sp³-hybridized carbons (Fsp3) is 0.263. The van der Waals surface area contributed by atoms with Crippen LogP contribution in [0.3, 0.4) is 0 Å². The lowest BCUT2D eigenvalue weighted by Crippen LogP contribution is -2.32. The van der Waals surface area contributed by atoms with Gasteiger partial charge in [0.25, 0.3) is 11.8 Å². The molecule has 0 fully saturated rings. The highest BCUT2D eigenvalue weighted by molar-refractivity contribution is 6.21. The Morgan fingerprint density at radius 3 is 1.86 bits per heavy atom. The third-order valence-corrected chi connectivity index (χ3v) is 4.30. The van der Waals surface area contributed by atoms with E-state index in [0.29, 0.717) is 24.1 Å². The molecule has 0 saturated carbocycles. The number of carbonyl (C=O) groups is 2. The molecule has 2 aromatic rings. The van der Waals surface area contributed by atoms with Gasteiger partial charge in [0.15, 0.2) is 0 Å². The van der Waals surface area contributed by atoms with E-state index in [1.165, 1.54) is 27.2 Å². The minimum absolute atomic E-state index is 0.178. The number of benzene rings is 2. The Kier molecular flexibility index (Phi) is 3.57. The number of fused-ring (bicyclic) bond motifs is 1. The summed E-state index contributed by atoms with van der Waals surface area (Å²) in [5.41, 5.74) is 5.93. The highest BCUT2D eigenvalue weighted by atomic mass is 16.2. The van der Waals surface area contributed by atoms with E-state index in [2.05, 4.69) is 32.9 Å². The summed E-state index contributed by atoms with van der Waals surface area (Å²) in [6, 6.07) is 11.3. The van der Waals surface area contributed by atoms with Gasteiger partial charge in [-0.1, -0.05) is 29.8 Å². The summed E-state index contributed by atoms with van der Waals surface area (Å²) < 4.78 is 0. The maximum Gasteiger partial charge on any atom is 0.261 e. The zero-order valence-electron chi connectivity index (χ0n) is 13.1. The van der Waals surface area contributed by atoms with Gasteiger partial charge in [-0.2, -0.15) is 0 Å². The number of imide groups is 1. The summed E-state index contributed by atoms with van der Waals surface area (Å²) in [6.07, 6.45) is 0.698. The fourth-order valence-corrected chi connectivity index (χ4v) is 3.27. The van der Waals surface area contributed by atoms with Crippen molar-refractivity contribution in [2.24, 2.45) is 0 Å². The van der Waals surface area contributed by atoms with Crippen LogP contribution in [0, 0.1) is 20.8 Å². The lowest BCUT2D eigenvalue weighted by atomic mass is 9.97. The number of hydrogen-bond donors (Lipinski definition) is 0. The second kappa shape index (κ2) is 5.41. The third-order valence-electron chi connectivity index (χ3n) is 4.30. The molecule has 3 heteroatoms. The highest BCUT2D eigenvalue weighted by Gasteiger charge is 2.34. The lowest BCUT2D eigenvalue weighted by molar-refractivity contribution is 0.0656. The van der Waals surface area contributed by atoms with Crippen LogP contribution in [0.4, 0.5) is 0 Å². The molecule has 1 heterocycles. The zero-order valence-corrected chi connectivity index (χ0v) is 13.1. The number of amides is 2. The predicted molar refractivity (Wildman–Crippen MR) is 86.2 cm³/mol. The zero-order chi connectivity index (χ0) is 15.9. The molecule has 0 aromatic heterocycles. The molecule has 3 rings (SSSR count). The summed E-state index contributed by atoms with van der Waals surface area (Å²) in [5, 5.41) is 0. The van der Waals surface area contributed by atoms with Gasteiger partial charge in [-0.25, -0.2) is 0 Å². The number of carbonyl (C=O) groups excluding carboxylic acids is 2. The molecular formula is C19H19NO2. The van der Waals surface area contributed by atoms with Crippen LogP contribution in [0.15, 0.2) is 36.4 Å². The van der Waals surface area contributed by atoms with Gasteiger partial charge in [-0.05, 0) is 56.0 Å². The Labute approximate surface area is 130 Å². The van der Waals surface area contributed by atoms with E-state index >= 15 is 0 Å². The molecular weight excluding hydrogens is 274 g/mol. The summed E-state index contributed by atoms with van der Waals surface area (Å²) >= 11 is 0. The minimum atomic E-state index is -0.178. The first-order valence-corrected chi connectivity index (χ1v) is 7.51. The monoisotopic (exact) mass is 293 g/mol. The van der Waals surface area contributed by atoms with Crippen LogP contribution in [0.5, 0.6) is 0 Å². The van der Waals surface area contributed by atoms with Crippen molar-refractivity contribution < 1.29 is 9.59 Å². The first-order valence-electron chi connectivity index (χ1n) is 7.51. The number of hydrogen-bond acceptors (Lipinski definition) is 2. The molecule has 0 atom stereocenters. The molecule has 0 N–H and O–H groups in total. The van der Waals surface area contributed by atoms with Gasteiger partial charge in [-0.3, -0.25) is 14.5 Å². The van der Waals surface area contributed by atoms with E-state index in [4.69, 9.17) is 0 Å². The van der Waals surface area contributed by atoms with Crippen molar-refractivity contribution in [2.45, 2.75) is 27.2 Å². The maximum atomic E-state index is 12.4. The van der Waals surface area contributed by atoms with Crippen LogP contribution >= 0.6 is 0 Å². The quantitative estimate of drug-likeness (QED) is 0.813. The average molecular weight is 293 g/mol. The summed E-state index contributed by atoms with van der Waals surface area (Å²) in [7, 11) is 0. The SMILES string of the molecule is Cc1cc(C)c(CCN2C(=O)c3ccccc3C2=O)c(C)c1. The van der Waals surface area contributed by atoms with Crippen LogP contribution in [0.25, 0.3) is 0 Å². The summed E-state index contributed by atoms with van der Waals surface area (Å²) in [5.74, 6) is -0.356. The van der Waals surface area contributed by atoms with Crippen LogP contribution < -0.4 is 0 Å². The van der Waals surface area contributed by atoms with E-state index in [-0.39, 0.29) is 11.8 Å². The molecule has 0 unspecified atom stereocenters. The average Bonchev–Trinajstić information content (AvgIpc) is 2.71. The predicted octanol–water partition coefficient (Wildman–Crippen LogP) is 3.45. The molecule has 0 spiro atoms. The van der Waals surface area contributed by atoms with E-state index in [9.17, 15) is 9.59 Å². The molecule has 3 nitrogen and oxygen atoms in total. The van der Waals surface area contributed by atoms with E-state index in [1.807, 2.05) is 0 Å². The van der Waals surface area contributed by atoms with Gasteiger partial charge >= 0.3 is 0 Å². The molecule has 0 aliphatic carbocycles. The normalized spacial score (nSPS) is 13.7. The van der Waals surface area contributed by atoms with Crippen molar-refractivity contribution in [1.82, 2.24) is 4.90 Å². The van der Waals surface area contributed by atoms with E-state index in [0.717, 1.165) is 0 Å². The second-order valence-corrected chi connectivity index (χ2v) is 5.93. The molecule has 2 aromatic carbocycles. The van der Waals surface area contributed by atoms with Crippen molar-refractivity contribution in [2.75, 3.05) is 6.54 Å². The lowest BCUT2D eigenvalue weighted by Gasteiger charge is -2.16. The van der Waals surface area contributed by atoms with Gasteiger partial charge in [-0.15, -0.1) is 0 Å². The van der Waals surface area contributed by atoms with Crippen molar-refractivity contribution in [3.05, 3.63) is 69.8 Å². The van der Waals surface area contributed by atoms with Crippen molar-refractivity contribution >= 4 is 11.8 Å². The molecule has 1 aliphatic rings. The maximum absolute atomic E-state index is 12.4. The Bertz CT molecular complexity index is 719. The van der Waals surface area contributed by atoms with Crippen LogP contribution in [-0.4, -0.2) is 23.3 Å². The Hall–Kier alpha value is -2.42. The largest absolute Gasteiger partial charge is 0.274 e. The van der Waals surface area contributed by atoms with E-state index in [1.54, 1.807) is 24.3 Å². The highest BCUT2D eigenvalue weighted by Crippen LogP contribution is 2.24. The Morgan fingerprint density at radius 2 is 1.36 bits per heavy atom. The molecule has 22 heavy (non-hydrogen) atoms. The smallest absolute Gasteiger partial charge is 0.261 e. The van der Waals surface area contributed by atoms with Crippen molar-refractivity contribution in [1.29, 1.82) is 0 Å². The first-order chi connectivity index (χ1) is 10.5. The van der Waals surface area contributed by atoms with Gasteiger partial charge < -0.3 is 0 Å².